The minimum Gasteiger partial charge on any atom is -0.266 e. The summed E-state index contributed by atoms with van der Waals surface area (Å²) in [5.41, 5.74) is 1.01. The van der Waals surface area contributed by atoms with E-state index < -0.39 is 31.1 Å². The largest absolute Gasteiger partial charge is 0.296 e. The Labute approximate surface area is 206 Å². The van der Waals surface area contributed by atoms with Crippen LogP contribution in [0.3, 0.4) is 0 Å². The van der Waals surface area contributed by atoms with Crippen LogP contribution in [-0.2, 0) is 28.6 Å². The van der Waals surface area contributed by atoms with Crippen LogP contribution in [-0.4, -0.2) is 35.4 Å². The predicted molar refractivity (Wildman–Crippen MR) is 131 cm³/mol. The summed E-state index contributed by atoms with van der Waals surface area (Å²) >= 11 is 3.59. The van der Waals surface area contributed by atoms with Crippen molar-refractivity contribution in [1.82, 2.24) is 0 Å². The molecule has 0 saturated heterocycles. The highest BCUT2D eigenvalue weighted by Crippen LogP contribution is 2.57. The average Bonchev–Trinajstić information content (AvgIpc) is 3.03. The van der Waals surface area contributed by atoms with Gasteiger partial charge in [-0.05, 0) is 67.7 Å². The first-order valence-electron chi connectivity index (χ1n) is 10.8. The first-order chi connectivity index (χ1) is 15.3. The third-order valence-corrected chi connectivity index (χ3v) is 10.9. The molecule has 9 heteroatoms. The zero-order valence-corrected chi connectivity index (χ0v) is 22.6. The molecule has 0 bridgehead atoms. The molecule has 3 atom stereocenters. The Balaban J connectivity index is 1.72. The maximum absolute atomic E-state index is 12.7. The van der Waals surface area contributed by atoms with Crippen molar-refractivity contribution in [3.63, 3.8) is 0 Å². The van der Waals surface area contributed by atoms with E-state index in [1.54, 1.807) is 24.3 Å². The molecule has 1 aliphatic rings. The Kier molecular flexibility index (Phi) is 7.80. The lowest BCUT2D eigenvalue weighted by Gasteiger charge is -2.43. The second kappa shape index (κ2) is 9.77. The van der Waals surface area contributed by atoms with Gasteiger partial charge in [-0.1, -0.05) is 65.2 Å². The van der Waals surface area contributed by atoms with Crippen molar-refractivity contribution in [3.05, 3.63) is 59.7 Å². The van der Waals surface area contributed by atoms with Crippen LogP contribution in [0.4, 0.5) is 0 Å². The van der Waals surface area contributed by atoms with E-state index in [4.69, 9.17) is 8.37 Å². The number of hydrogen-bond donors (Lipinski definition) is 0. The molecule has 0 aromatic heterocycles. The van der Waals surface area contributed by atoms with Gasteiger partial charge in [-0.3, -0.25) is 8.37 Å². The summed E-state index contributed by atoms with van der Waals surface area (Å²) in [4.78, 5) is 0.251. The molecule has 1 fully saturated rings. The maximum atomic E-state index is 12.7. The second-order valence-electron chi connectivity index (χ2n) is 9.43. The van der Waals surface area contributed by atoms with Gasteiger partial charge in [0.1, 0.15) is 0 Å². The normalized spacial score (nSPS) is 25.9. The molecular formula is C24H31BrO6S2. The fraction of sp³-hybridized carbons (Fsp3) is 0.500. The molecule has 0 N–H and O–H groups in total. The molecule has 2 aromatic carbocycles. The molecule has 0 amide bonds. The first kappa shape index (κ1) is 26.3. The van der Waals surface area contributed by atoms with Gasteiger partial charge in [0.2, 0.25) is 0 Å². The lowest BCUT2D eigenvalue weighted by atomic mass is 9.66. The van der Waals surface area contributed by atoms with Gasteiger partial charge in [-0.25, -0.2) is 0 Å². The van der Waals surface area contributed by atoms with Gasteiger partial charge in [0.25, 0.3) is 20.2 Å². The van der Waals surface area contributed by atoms with Crippen LogP contribution in [0.25, 0.3) is 0 Å². The molecule has 0 spiro atoms. The molecule has 3 rings (SSSR count). The van der Waals surface area contributed by atoms with Crippen molar-refractivity contribution in [1.29, 1.82) is 0 Å². The van der Waals surface area contributed by atoms with Crippen molar-refractivity contribution < 1.29 is 25.2 Å². The van der Waals surface area contributed by atoms with Crippen molar-refractivity contribution in [2.24, 2.45) is 16.7 Å². The number of aryl methyl sites for hydroxylation is 2. The first-order valence-corrected chi connectivity index (χ1v) is 14.7. The molecule has 3 unspecified atom stereocenters. The Hall–Kier alpha value is -1.26. The Morgan fingerprint density at radius 1 is 0.848 bits per heavy atom. The summed E-state index contributed by atoms with van der Waals surface area (Å²) in [7, 11) is -7.77. The highest BCUT2D eigenvalue weighted by atomic mass is 79.9. The van der Waals surface area contributed by atoms with Crippen molar-refractivity contribution in [2.75, 3.05) is 18.5 Å². The van der Waals surface area contributed by atoms with Crippen molar-refractivity contribution >= 4 is 36.2 Å². The summed E-state index contributed by atoms with van der Waals surface area (Å²) in [5.74, 6) is -0.0900. The molecule has 1 saturated carbocycles. The van der Waals surface area contributed by atoms with Crippen LogP contribution in [0.15, 0.2) is 58.3 Å². The highest BCUT2D eigenvalue weighted by molar-refractivity contribution is 9.09. The zero-order chi connectivity index (χ0) is 24.5. The Morgan fingerprint density at radius 3 is 1.76 bits per heavy atom. The third-order valence-electron chi connectivity index (χ3n) is 7.18. The molecular weight excluding hydrogens is 528 g/mol. The highest BCUT2D eigenvalue weighted by Gasteiger charge is 2.54. The van der Waals surface area contributed by atoms with E-state index in [0.717, 1.165) is 11.1 Å². The van der Waals surface area contributed by atoms with E-state index in [2.05, 4.69) is 15.9 Å². The molecule has 2 aromatic rings. The smallest absolute Gasteiger partial charge is 0.266 e. The lowest BCUT2D eigenvalue weighted by molar-refractivity contribution is 0.0302. The van der Waals surface area contributed by atoms with Crippen molar-refractivity contribution in [3.8, 4) is 0 Å². The van der Waals surface area contributed by atoms with E-state index in [-0.39, 0.29) is 28.9 Å². The SMILES string of the molecule is Cc1ccc(S(=O)(=O)OCC2CCC(C)(COS(=O)(=O)c3ccc(C)cc3)C2(C)CBr)cc1. The van der Waals surface area contributed by atoms with E-state index >= 15 is 0 Å². The summed E-state index contributed by atoms with van der Waals surface area (Å²) in [6, 6.07) is 13.1. The van der Waals surface area contributed by atoms with Gasteiger partial charge < -0.3 is 0 Å². The van der Waals surface area contributed by atoms with Gasteiger partial charge in [-0.15, -0.1) is 0 Å². The fourth-order valence-corrected chi connectivity index (χ4v) is 7.39. The Morgan fingerprint density at radius 2 is 1.30 bits per heavy atom. The van der Waals surface area contributed by atoms with Gasteiger partial charge in [-0.2, -0.15) is 16.8 Å². The monoisotopic (exact) mass is 558 g/mol. The van der Waals surface area contributed by atoms with Crippen LogP contribution in [0.5, 0.6) is 0 Å². The number of hydrogen-bond acceptors (Lipinski definition) is 6. The summed E-state index contributed by atoms with van der Waals surface area (Å²) in [6.45, 7) is 7.83. The van der Waals surface area contributed by atoms with Crippen LogP contribution >= 0.6 is 15.9 Å². The van der Waals surface area contributed by atoms with Gasteiger partial charge in [0.05, 0.1) is 23.0 Å². The Bertz CT molecular complexity index is 1180. The maximum Gasteiger partial charge on any atom is 0.296 e. The standard InChI is InChI=1S/C24H31BrO6S2/c1-18-5-9-21(10-6-18)32(26,27)30-15-20-13-14-23(3,24(20,4)16-25)17-31-33(28,29)22-11-7-19(2)8-12-22/h5-12,20H,13-17H2,1-4H3. The fourth-order valence-electron chi connectivity index (χ4n) is 4.29. The van der Waals surface area contributed by atoms with Crippen LogP contribution < -0.4 is 0 Å². The number of benzene rings is 2. The molecule has 0 heterocycles. The summed E-state index contributed by atoms with van der Waals surface area (Å²) < 4.78 is 61.7. The molecule has 182 valence electrons. The minimum absolute atomic E-state index is 0.00647. The van der Waals surface area contributed by atoms with E-state index in [1.165, 1.54) is 24.3 Å². The topological polar surface area (TPSA) is 86.7 Å². The molecule has 0 radical (unpaired) electrons. The number of rotatable bonds is 9. The summed E-state index contributed by atoms with van der Waals surface area (Å²) in [5, 5.41) is 0.559. The quantitative estimate of drug-likeness (QED) is 0.309. The number of alkyl halides is 1. The second-order valence-corrected chi connectivity index (χ2v) is 13.2. The third kappa shape index (κ3) is 5.53. The molecule has 0 aliphatic heterocycles. The van der Waals surface area contributed by atoms with Crippen LogP contribution in [0.2, 0.25) is 0 Å². The minimum atomic E-state index is -3.90. The zero-order valence-electron chi connectivity index (χ0n) is 19.4. The van der Waals surface area contributed by atoms with Gasteiger partial charge in [0, 0.05) is 5.33 Å². The molecule has 33 heavy (non-hydrogen) atoms. The van der Waals surface area contributed by atoms with E-state index in [9.17, 15) is 16.8 Å². The molecule has 1 aliphatic carbocycles. The van der Waals surface area contributed by atoms with Crippen molar-refractivity contribution in [2.45, 2.75) is 50.3 Å². The average molecular weight is 560 g/mol. The van der Waals surface area contributed by atoms with Crippen LogP contribution in [0.1, 0.15) is 37.8 Å². The lowest BCUT2D eigenvalue weighted by Crippen LogP contribution is -2.43. The predicted octanol–water partition coefficient (Wildman–Crippen LogP) is 5.23. The summed E-state index contributed by atoms with van der Waals surface area (Å²) in [6.07, 6.45) is 1.40. The van der Waals surface area contributed by atoms with E-state index in [1.807, 2.05) is 27.7 Å². The number of halogens is 1. The molecule has 6 nitrogen and oxygen atoms in total. The van der Waals surface area contributed by atoms with E-state index in [0.29, 0.717) is 18.2 Å². The van der Waals surface area contributed by atoms with Gasteiger partial charge in [0.15, 0.2) is 0 Å². The van der Waals surface area contributed by atoms with Crippen LogP contribution in [0, 0.1) is 30.6 Å². The van der Waals surface area contributed by atoms with Gasteiger partial charge >= 0.3 is 0 Å².